The second-order valence-corrected chi connectivity index (χ2v) is 7.72. The fourth-order valence-electron chi connectivity index (χ4n) is 3.90. The minimum Gasteiger partial charge on any atom is -0.506 e. The van der Waals surface area contributed by atoms with Crippen molar-refractivity contribution in [1.29, 1.82) is 0 Å². The van der Waals surface area contributed by atoms with Crippen LogP contribution < -0.4 is 5.32 Å². The van der Waals surface area contributed by atoms with E-state index < -0.39 is 0 Å². The minimum atomic E-state index is 0.210. The first-order chi connectivity index (χ1) is 15.2. The molecule has 0 aliphatic carbocycles. The molecule has 4 aromatic rings. The molecule has 0 atom stereocenters. The van der Waals surface area contributed by atoms with E-state index in [4.69, 9.17) is 0 Å². The van der Waals surface area contributed by atoms with Crippen molar-refractivity contribution < 1.29 is 5.11 Å². The van der Waals surface area contributed by atoms with Crippen molar-refractivity contribution in [3.05, 3.63) is 102 Å². The van der Waals surface area contributed by atoms with Gasteiger partial charge in [-0.05, 0) is 72.7 Å². The summed E-state index contributed by atoms with van der Waals surface area (Å²) in [7, 11) is 0. The quantitative estimate of drug-likeness (QED) is 0.324. The molecule has 0 amide bonds. The minimum absolute atomic E-state index is 0.210. The van der Waals surface area contributed by atoms with E-state index in [2.05, 4.69) is 84.0 Å². The maximum atomic E-state index is 10.4. The Balaban J connectivity index is 1.43. The highest BCUT2D eigenvalue weighted by atomic mass is 16.3. The van der Waals surface area contributed by atoms with E-state index in [1.54, 1.807) is 12.3 Å². The zero-order valence-corrected chi connectivity index (χ0v) is 17.9. The lowest BCUT2D eigenvalue weighted by Gasteiger charge is -2.13. The molecule has 1 aromatic heterocycles. The van der Waals surface area contributed by atoms with Crippen molar-refractivity contribution in [2.75, 3.05) is 6.54 Å². The number of unbranched alkanes of at least 4 members (excludes halogenated alkanes) is 1. The number of phenolic OH excluding ortho intramolecular Hbond substituents is 1. The van der Waals surface area contributed by atoms with Gasteiger partial charge in [-0.3, -0.25) is 4.98 Å². The molecular weight excluding hydrogens is 380 g/mol. The first-order valence-corrected chi connectivity index (χ1v) is 10.9. The molecule has 0 bridgehead atoms. The number of benzene rings is 3. The summed E-state index contributed by atoms with van der Waals surface area (Å²) in [6, 6.07) is 26.8. The number of rotatable bonds is 8. The predicted molar refractivity (Wildman–Crippen MR) is 130 cm³/mol. The second-order valence-electron chi connectivity index (χ2n) is 7.72. The normalized spacial score (nSPS) is 11.6. The molecular formula is C28H28N2O. The average molecular weight is 409 g/mol. The fraction of sp³-hybridized carbons (Fsp3) is 0.179. The third-order valence-electron chi connectivity index (χ3n) is 5.53. The van der Waals surface area contributed by atoms with Crippen molar-refractivity contribution in [1.82, 2.24) is 10.3 Å². The van der Waals surface area contributed by atoms with Crippen LogP contribution in [-0.2, 0) is 6.42 Å². The summed E-state index contributed by atoms with van der Waals surface area (Å²) < 4.78 is 0. The molecule has 4 rings (SSSR count). The standard InChI is InChI=1S/C28H28N2O/c1-2-26(29-16-7-6-12-21-10-4-3-5-11-21)23-14-8-13-22(18-23)25-19-24-15-9-17-30-28(24)27(31)20-25/h2-5,8-11,13-15,17-20,29,31H,6-7,12,16H2,1H3/b26-2+. The summed E-state index contributed by atoms with van der Waals surface area (Å²) in [5, 5.41) is 14.9. The molecule has 0 radical (unpaired) electrons. The molecule has 2 N–H and O–H groups in total. The average Bonchev–Trinajstić information content (AvgIpc) is 2.82. The lowest BCUT2D eigenvalue weighted by molar-refractivity contribution is 0.480. The van der Waals surface area contributed by atoms with Gasteiger partial charge in [0.25, 0.3) is 0 Å². The molecule has 1 heterocycles. The van der Waals surface area contributed by atoms with Crippen LogP contribution in [0.1, 0.15) is 30.9 Å². The molecule has 0 unspecified atom stereocenters. The molecule has 156 valence electrons. The third-order valence-corrected chi connectivity index (χ3v) is 5.53. The van der Waals surface area contributed by atoms with Crippen molar-refractivity contribution in [3.8, 4) is 16.9 Å². The van der Waals surface area contributed by atoms with Gasteiger partial charge in [0.05, 0.1) is 0 Å². The van der Waals surface area contributed by atoms with E-state index in [0.29, 0.717) is 5.52 Å². The first kappa shape index (κ1) is 20.7. The molecule has 3 nitrogen and oxygen atoms in total. The van der Waals surface area contributed by atoms with Crippen molar-refractivity contribution >= 4 is 16.6 Å². The van der Waals surface area contributed by atoms with Crippen LogP contribution in [0.15, 0.2) is 91.1 Å². The predicted octanol–water partition coefficient (Wildman–Crippen LogP) is 6.58. The number of nitrogens with zero attached hydrogens (tertiary/aromatic N) is 1. The van der Waals surface area contributed by atoms with Gasteiger partial charge in [-0.2, -0.15) is 0 Å². The molecule has 0 fully saturated rings. The molecule has 3 aromatic carbocycles. The molecule has 0 spiro atoms. The number of hydrogen-bond acceptors (Lipinski definition) is 3. The topological polar surface area (TPSA) is 45.1 Å². The van der Waals surface area contributed by atoms with Crippen molar-refractivity contribution in [2.24, 2.45) is 0 Å². The van der Waals surface area contributed by atoms with Crippen LogP contribution in [-0.4, -0.2) is 16.6 Å². The number of phenols is 1. The summed E-state index contributed by atoms with van der Waals surface area (Å²) in [4.78, 5) is 4.27. The Labute approximate surface area is 184 Å². The number of nitrogens with one attached hydrogen (secondary N) is 1. The van der Waals surface area contributed by atoms with Crippen LogP contribution in [0.3, 0.4) is 0 Å². The lowest BCUT2D eigenvalue weighted by atomic mass is 9.99. The maximum Gasteiger partial charge on any atom is 0.142 e. The number of aromatic hydroxyl groups is 1. The second kappa shape index (κ2) is 9.94. The van der Waals surface area contributed by atoms with E-state index in [0.717, 1.165) is 47.2 Å². The van der Waals surface area contributed by atoms with E-state index in [9.17, 15) is 5.11 Å². The molecule has 0 saturated heterocycles. The van der Waals surface area contributed by atoms with Gasteiger partial charge in [0.2, 0.25) is 0 Å². The van der Waals surface area contributed by atoms with Gasteiger partial charge in [-0.15, -0.1) is 0 Å². The summed E-state index contributed by atoms with van der Waals surface area (Å²) in [6.45, 7) is 3.01. The highest BCUT2D eigenvalue weighted by molar-refractivity contribution is 5.89. The summed E-state index contributed by atoms with van der Waals surface area (Å²) in [5.41, 5.74) is 6.37. The number of aryl methyl sites for hydroxylation is 1. The molecule has 0 aliphatic heterocycles. The highest BCUT2D eigenvalue weighted by Gasteiger charge is 2.08. The Morgan fingerprint density at radius 1 is 0.903 bits per heavy atom. The van der Waals surface area contributed by atoms with Crippen LogP contribution in [0.4, 0.5) is 0 Å². The van der Waals surface area contributed by atoms with Gasteiger partial charge < -0.3 is 10.4 Å². The summed E-state index contributed by atoms with van der Waals surface area (Å²) in [5.74, 6) is 0.210. The van der Waals surface area contributed by atoms with Gasteiger partial charge >= 0.3 is 0 Å². The third kappa shape index (κ3) is 5.13. The van der Waals surface area contributed by atoms with Gasteiger partial charge in [-0.1, -0.05) is 60.7 Å². The summed E-state index contributed by atoms with van der Waals surface area (Å²) in [6.07, 6.45) is 7.23. The van der Waals surface area contributed by atoms with Crippen molar-refractivity contribution in [2.45, 2.75) is 26.2 Å². The van der Waals surface area contributed by atoms with Crippen LogP contribution in [0.5, 0.6) is 5.75 Å². The number of hydrogen-bond donors (Lipinski definition) is 2. The van der Waals surface area contributed by atoms with E-state index in [-0.39, 0.29) is 5.75 Å². The Morgan fingerprint density at radius 3 is 2.61 bits per heavy atom. The smallest absolute Gasteiger partial charge is 0.142 e. The van der Waals surface area contributed by atoms with Gasteiger partial charge in [0.15, 0.2) is 0 Å². The molecule has 3 heteroatoms. The number of aromatic nitrogens is 1. The van der Waals surface area contributed by atoms with Crippen molar-refractivity contribution in [3.63, 3.8) is 0 Å². The van der Waals surface area contributed by atoms with Crippen LogP contribution in [0.2, 0.25) is 0 Å². The molecule has 0 saturated carbocycles. The highest BCUT2D eigenvalue weighted by Crippen LogP contribution is 2.31. The number of fused-ring (bicyclic) bond motifs is 1. The maximum absolute atomic E-state index is 10.4. The number of allylic oxidation sites excluding steroid dienone is 1. The largest absolute Gasteiger partial charge is 0.506 e. The lowest BCUT2D eigenvalue weighted by Crippen LogP contribution is -2.14. The van der Waals surface area contributed by atoms with E-state index >= 15 is 0 Å². The van der Waals surface area contributed by atoms with Crippen LogP contribution in [0, 0.1) is 0 Å². The van der Waals surface area contributed by atoms with E-state index in [1.807, 2.05) is 12.1 Å². The van der Waals surface area contributed by atoms with E-state index in [1.165, 1.54) is 12.0 Å². The molecule has 31 heavy (non-hydrogen) atoms. The zero-order chi connectivity index (χ0) is 21.5. The Bertz CT molecular complexity index is 1180. The Hall–Kier alpha value is -3.59. The van der Waals surface area contributed by atoms with Gasteiger partial charge in [0.1, 0.15) is 11.3 Å². The van der Waals surface area contributed by atoms with Gasteiger partial charge in [0, 0.05) is 23.8 Å². The monoisotopic (exact) mass is 408 g/mol. The van der Waals surface area contributed by atoms with Crippen LogP contribution in [0.25, 0.3) is 27.7 Å². The fourth-order valence-corrected chi connectivity index (χ4v) is 3.90. The number of pyridine rings is 1. The van der Waals surface area contributed by atoms with Gasteiger partial charge in [-0.25, -0.2) is 0 Å². The zero-order valence-electron chi connectivity index (χ0n) is 17.9. The SMILES string of the molecule is C/C=C(/NCCCCc1ccccc1)c1cccc(-c2cc(O)c3ncccc3c2)c1. The molecule has 0 aliphatic rings. The summed E-state index contributed by atoms with van der Waals surface area (Å²) >= 11 is 0. The Morgan fingerprint density at radius 2 is 1.77 bits per heavy atom. The first-order valence-electron chi connectivity index (χ1n) is 10.9. The Kier molecular flexibility index (Phi) is 6.63. The van der Waals surface area contributed by atoms with Crippen LogP contribution >= 0.6 is 0 Å².